The highest BCUT2D eigenvalue weighted by Crippen LogP contribution is 2.31. The van der Waals surface area contributed by atoms with Crippen molar-refractivity contribution in [1.82, 2.24) is 4.31 Å². The number of hydrogen-bond donors (Lipinski definition) is 0. The summed E-state index contributed by atoms with van der Waals surface area (Å²) in [5, 5.41) is 0. The maximum atomic E-state index is 13.0. The number of sulfonamides is 1. The van der Waals surface area contributed by atoms with E-state index in [9.17, 15) is 13.2 Å². The van der Waals surface area contributed by atoms with Gasteiger partial charge in [0.2, 0.25) is 0 Å². The highest BCUT2D eigenvalue weighted by Gasteiger charge is 2.31. The fraction of sp³-hybridized carbons (Fsp3) is 0.250. The van der Waals surface area contributed by atoms with Crippen molar-refractivity contribution in [3.05, 3.63) is 71.6 Å². The molecule has 0 aromatic heterocycles. The number of hydrogen-bond acceptors (Lipinski definition) is 5. The quantitative estimate of drug-likeness (QED) is 0.593. The van der Waals surface area contributed by atoms with Crippen LogP contribution in [-0.2, 0) is 19.6 Å². The summed E-state index contributed by atoms with van der Waals surface area (Å²) in [5.74, 6) is 0.0310. The van der Waals surface area contributed by atoms with Crippen molar-refractivity contribution < 1.29 is 22.7 Å². The molecule has 0 saturated heterocycles. The Labute approximate surface area is 159 Å². The van der Waals surface area contributed by atoms with Crippen LogP contribution in [0.3, 0.4) is 0 Å². The van der Waals surface area contributed by atoms with Gasteiger partial charge in [-0.15, -0.1) is 0 Å². The molecule has 0 fully saturated rings. The number of rotatable bonds is 4. The number of benzene rings is 2. The normalized spacial score (nSPS) is 17.1. The second-order valence-electron chi connectivity index (χ2n) is 6.40. The van der Waals surface area contributed by atoms with E-state index in [2.05, 4.69) is 0 Å². The lowest BCUT2D eigenvalue weighted by atomic mass is 10.1. The Kier molecular flexibility index (Phi) is 5.23. The van der Waals surface area contributed by atoms with Crippen LogP contribution >= 0.6 is 0 Å². The minimum atomic E-state index is -3.68. The Morgan fingerprint density at radius 1 is 1.07 bits per heavy atom. The molecule has 6 nitrogen and oxygen atoms in total. The van der Waals surface area contributed by atoms with Crippen molar-refractivity contribution in [2.24, 2.45) is 0 Å². The summed E-state index contributed by atoms with van der Waals surface area (Å²) in [6.07, 6.45) is 1.00. The molecule has 3 rings (SSSR count). The van der Waals surface area contributed by atoms with Crippen LogP contribution in [0.5, 0.6) is 5.75 Å². The summed E-state index contributed by atoms with van der Waals surface area (Å²) in [6, 6.07) is 13.6. The molecule has 0 radical (unpaired) electrons. The van der Waals surface area contributed by atoms with Gasteiger partial charge in [-0.2, -0.15) is 0 Å². The lowest BCUT2D eigenvalue weighted by molar-refractivity contribution is -0.131. The lowest BCUT2D eigenvalue weighted by Crippen LogP contribution is -2.36. The first-order valence-corrected chi connectivity index (χ1v) is 9.91. The summed E-state index contributed by atoms with van der Waals surface area (Å²) in [7, 11) is -3.68. The van der Waals surface area contributed by atoms with Gasteiger partial charge in [0, 0.05) is 6.92 Å². The van der Waals surface area contributed by atoms with E-state index in [0.717, 1.165) is 11.1 Å². The third-order valence-electron chi connectivity index (χ3n) is 4.25. The first kappa shape index (κ1) is 19.0. The zero-order chi connectivity index (χ0) is 19.6. The number of nitrogens with zero attached hydrogens (tertiary/aromatic N) is 1. The molecule has 27 heavy (non-hydrogen) atoms. The highest BCUT2D eigenvalue weighted by molar-refractivity contribution is 7.89. The van der Waals surface area contributed by atoms with Crippen molar-refractivity contribution >= 4 is 16.0 Å². The molecular weight excluding hydrogens is 366 g/mol. The summed E-state index contributed by atoms with van der Waals surface area (Å²) in [5.41, 5.74) is 2.30. The largest absolute Gasteiger partial charge is 0.490 e. The van der Waals surface area contributed by atoms with Crippen LogP contribution in [0.25, 0.3) is 0 Å². The van der Waals surface area contributed by atoms with Crippen molar-refractivity contribution in [3.8, 4) is 5.75 Å². The predicted octanol–water partition coefficient (Wildman–Crippen LogP) is 3.54. The summed E-state index contributed by atoms with van der Waals surface area (Å²) < 4.78 is 38.1. The Balaban J connectivity index is 1.84. The van der Waals surface area contributed by atoms with E-state index >= 15 is 0 Å². The molecule has 0 N–H and O–H groups in total. The number of esters is 1. The van der Waals surface area contributed by atoms with Crippen LogP contribution in [0.15, 0.2) is 65.4 Å². The molecule has 1 heterocycles. The summed E-state index contributed by atoms with van der Waals surface area (Å²) in [6.45, 7) is 5.10. The van der Waals surface area contributed by atoms with E-state index in [1.54, 1.807) is 55.5 Å². The van der Waals surface area contributed by atoms with E-state index in [-0.39, 0.29) is 11.4 Å². The van der Waals surface area contributed by atoms with Gasteiger partial charge in [-0.3, -0.25) is 9.10 Å². The molecule has 2 aromatic carbocycles. The second kappa shape index (κ2) is 7.44. The molecular formula is C20H21NO5S. The van der Waals surface area contributed by atoms with Crippen molar-refractivity contribution in [3.63, 3.8) is 0 Å². The molecule has 0 unspecified atom stereocenters. The molecule has 7 heteroatoms. The predicted molar refractivity (Wildman–Crippen MR) is 100 cm³/mol. The smallest absolute Gasteiger partial charge is 0.308 e. The SMILES string of the molecule is CC(=O)Oc1ccc([C@@H]2CN(S(=O)(=O)c3ccc(C)cc3)C(C)=CO2)cc1. The molecule has 0 spiro atoms. The van der Waals surface area contributed by atoms with Crippen molar-refractivity contribution in [1.29, 1.82) is 0 Å². The molecule has 142 valence electrons. The molecule has 1 aliphatic heterocycles. The average Bonchev–Trinajstić information content (AvgIpc) is 2.62. The minimum absolute atomic E-state index is 0.158. The Morgan fingerprint density at radius 3 is 2.30 bits per heavy atom. The van der Waals surface area contributed by atoms with Crippen LogP contribution < -0.4 is 4.74 Å². The maximum Gasteiger partial charge on any atom is 0.308 e. The van der Waals surface area contributed by atoms with Gasteiger partial charge in [0.15, 0.2) is 0 Å². The molecule has 2 aromatic rings. The zero-order valence-electron chi connectivity index (χ0n) is 15.4. The molecule has 0 amide bonds. The molecule has 0 aliphatic carbocycles. The Hall–Kier alpha value is -2.80. The van der Waals surface area contributed by atoms with Crippen LogP contribution in [-0.4, -0.2) is 25.2 Å². The Bertz CT molecular complexity index is 962. The number of allylic oxidation sites excluding steroid dienone is 1. The molecule has 0 saturated carbocycles. The lowest BCUT2D eigenvalue weighted by Gasteiger charge is -2.33. The topological polar surface area (TPSA) is 72.9 Å². The van der Waals surface area contributed by atoms with Crippen molar-refractivity contribution in [2.75, 3.05) is 6.54 Å². The summed E-state index contributed by atoms with van der Waals surface area (Å²) in [4.78, 5) is 11.3. The van der Waals surface area contributed by atoms with Crippen LogP contribution in [0, 0.1) is 6.92 Å². The van der Waals surface area contributed by atoms with E-state index in [0.29, 0.717) is 11.4 Å². The van der Waals surface area contributed by atoms with E-state index in [4.69, 9.17) is 9.47 Å². The van der Waals surface area contributed by atoms with E-state index in [1.807, 2.05) is 6.92 Å². The van der Waals surface area contributed by atoms with E-state index in [1.165, 1.54) is 17.5 Å². The standard InChI is InChI=1S/C20H21NO5S/c1-14-4-10-19(11-5-14)27(23,24)21-12-20(25-13-15(21)2)17-6-8-18(9-7-17)26-16(3)22/h4-11,13,20H,12H2,1-3H3/t20-/m0/s1. The van der Waals surface area contributed by atoms with Gasteiger partial charge in [-0.25, -0.2) is 8.42 Å². The first-order chi connectivity index (χ1) is 12.8. The molecule has 0 bridgehead atoms. The highest BCUT2D eigenvalue weighted by atomic mass is 32.2. The van der Waals surface area contributed by atoms with Crippen molar-refractivity contribution in [2.45, 2.75) is 31.8 Å². The van der Waals surface area contributed by atoms with Gasteiger partial charge in [-0.05, 0) is 43.7 Å². The second-order valence-corrected chi connectivity index (χ2v) is 8.26. The number of carbonyl (C=O) groups excluding carboxylic acids is 1. The molecule has 1 atom stereocenters. The Morgan fingerprint density at radius 2 is 1.70 bits per heavy atom. The molecule has 1 aliphatic rings. The van der Waals surface area contributed by atoms with Gasteiger partial charge in [0.1, 0.15) is 18.1 Å². The monoisotopic (exact) mass is 387 g/mol. The van der Waals surface area contributed by atoms with Gasteiger partial charge >= 0.3 is 5.97 Å². The van der Waals surface area contributed by atoms with Crippen LogP contribution in [0.4, 0.5) is 0 Å². The maximum absolute atomic E-state index is 13.0. The zero-order valence-corrected chi connectivity index (χ0v) is 16.2. The van der Waals surface area contributed by atoms with Gasteiger partial charge in [0.25, 0.3) is 10.0 Å². The third-order valence-corrected chi connectivity index (χ3v) is 6.14. The van der Waals surface area contributed by atoms with Gasteiger partial charge in [0.05, 0.1) is 17.1 Å². The number of ether oxygens (including phenoxy) is 2. The third kappa shape index (κ3) is 4.14. The number of aryl methyl sites for hydroxylation is 1. The average molecular weight is 387 g/mol. The number of carbonyl (C=O) groups is 1. The first-order valence-electron chi connectivity index (χ1n) is 8.47. The van der Waals surface area contributed by atoms with Gasteiger partial charge < -0.3 is 9.47 Å². The van der Waals surface area contributed by atoms with Crippen LogP contribution in [0.1, 0.15) is 31.1 Å². The van der Waals surface area contributed by atoms with Gasteiger partial charge in [-0.1, -0.05) is 29.8 Å². The van der Waals surface area contributed by atoms with E-state index < -0.39 is 22.1 Å². The minimum Gasteiger partial charge on any atom is -0.490 e. The summed E-state index contributed by atoms with van der Waals surface area (Å²) >= 11 is 0. The van der Waals surface area contributed by atoms with Crippen LogP contribution in [0.2, 0.25) is 0 Å². The fourth-order valence-electron chi connectivity index (χ4n) is 2.80. The fourth-order valence-corrected chi connectivity index (χ4v) is 4.29.